The van der Waals surface area contributed by atoms with Crippen LogP contribution < -0.4 is 5.32 Å². The Morgan fingerprint density at radius 3 is 2.67 bits per heavy atom. The maximum absolute atomic E-state index is 12.1. The SMILES string of the molecule is CN(C)C(=O)Nc1ncnc2c1ccn2[C@@H]1O[C@](C)([C@H](O)c2ccc3c(c2)CC3)[C@@H](O)[C@H]1O. The van der Waals surface area contributed by atoms with Crippen molar-refractivity contribution in [2.75, 3.05) is 19.4 Å². The van der Waals surface area contributed by atoms with Gasteiger partial charge in [0.1, 0.15) is 41.7 Å². The molecule has 1 saturated heterocycles. The number of nitrogens with zero attached hydrogens (tertiary/aromatic N) is 4. The fourth-order valence-corrected chi connectivity index (χ4v) is 4.55. The highest BCUT2D eigenvalue weighted by Crippen LogP contribution is 2.45. The highest BCUT2D eigenvalue weighted by Gasteiger charge is 2.56. The number of ether oxygens (including phenoxy) is 1. The van der Waals surface area contributed by atoms with Gasteiger partial charge in [-0.15, -0.1) is 0 Å². The molecular formula is C23H27N5O5. The number of amides is 2. The predicted molar refractivity (Wildman–Crippen MR) is 120 cm³/mol. The van der Waals surface area contributed by atoms with Crippen LogP contribution >= 0.6 is 0 Å². The Bertz CT molecular complexity index is 1230. The molecule has 33 heavy (non-hydrogen) atoms. The highest BCUT2D eigenvalue weighted by atomic mass is 16.6. The lowest BCUT2D eigenvalue weighted by Crippen LogP contribution is -2.45. The molecule has 2 aromatic heterocycles. The molecule has 1 aromatic carbocycles. The fourth-order valence-electron chi connectivity index (χ4n) is 4.55. The molecule has 0 radical (unpaired) electrons. The lowest BCUT2D eigenvalue weighted by atomic mass is 9.82. The Balaban J connectivity index is 1.46. The maximum Gasteiger partial charge on any atom is 0.322 e. The number of aryl methyl sites for hydroxylation is 2. The second-order valence-corrected chi connectivity index (χ2v) is 9.07. The quantitative estimate of drug-likeness (QED) is 0.469. The van der Waals surface area contributed by atoms with Crippen LogP contribution in [0.4, 0.5) is 10.6 Å². The zero-order valence-corrected chi connectivity index (χ0v) is 18.6. The second-order valence-electron chi connectivity index (χ2n) is 9.07. The number of hydrogen-bond donors (Lipinski definition) is 4. The maximum atomic E-state index is 12.1. The van der Waals surface area contributed by atoms with Crippen molar-refractivity contribution in [2.45, 2.75) is 49.9 Å². The van der Waals surface area contributed by atoms with Crippen molar-refractivity contribution < 1.29 is 24.9 Å². The summed E-state index contributed by atoms with van der Waals surface area (Å²) in [6.07, 6.45) is 0.121. The molecule has 3 heterocycles. The van der Waals surface area contributed by atoms with Gasteiger partial charge in [0.15, 0.2) is 6.23 Å². The summed E-state index contributed by atoms with van der Waals surface area (Å²) in [6.45, 7) is 1.59. The fraction of sp³-hybridized carbons (Fsp3) is 0.435. The number of fused-ring (bicyclic) bond motifs is 2. The molecule has 1 fully saturated rings. The van der Waals surface area contributed by atoms with Crippen LogP contribution in [0.3, 0.4) is 0 Å². The smallest absolute Gasteiger partial charge is 0.322 e. The average Bonchev–Trinajstić information content (AvgIpc) is 3.30. The lowest BCUT2D eigenvalue weighted by molar-refractivity contribution is -0.154. The monoisotopic (exact) mass is 453 g/mol. The van der Waals surface area contributed by atoms with Crippen LogP contribution in [-0.4, -0.2) is 72.7 Å². The van der Waals surface area contributed by atoms with Gasteiger partial charge in [-0.05, 0) is 42.5 Å². The van der Waals surface area contributed by atoms with E-state index in [1.165, 1.54) is 22.4 Å². The number of carbonyl (C=O) groups excluding carboxylic acids is 1. The number of urea groups is 1. The number of rotatable bonds is 4. The Hall–Kier alpha value is -3.05. The average molecular weight is 453 g/mol. The van der Waals surface area contributed by atoms with Crippen LogP contribution in [-0.2, 0) is 17.6 Å². The third kappa shape index (κ3) is 3.37. The van der Waals surface area contributed by atoms with E-state index >= 15 is 0 Å². The summed E-state index contributed by atoms with van der Waals surface area (Å²) in [5.41, 5.74) is 2.04. The lowest BCUT2D eigenvalue weighted by Gasteiger charge is -2.34. The summed E-state index contributed by atoms with van der Waals surface area (Å²) >= 11 is 0. The Kier molecular flexibility index (Phi) is 5.13. The summed E-state index contributed by atoms with van der Waals surface area (Å²) in [5.74, 6) is 0.315. The Morgan fingerprint density at radius 2 is 2.00 bits per heavy atom. The van der Waals surface area contributed by atoms with E-state index in [0.717, 1.165) is 12.8 Å². The first-order valence-corrected chi connectivity index (χ1v) is 10.8. The third-order valence-corrected chi connectivity index (χ3v) is 6.75. The molecule has 0 bridgehead atoms. The topological polar surface area (TPSA) is 133 Å². The first kappa shape index (κ1) is 21.8. The van der Waals surface area contributed by atoms with Gasteiger partial charge in [-0.3, -0.25) is 5.32 Å². The second kappa shape index (κ2) is 7.77. The van der Waals surface area contributed by atoms with E-state index in [2.05, 4.69) is 15.3 Å². The van der Waals surface area contributed by atoms with Crippen LogP contribution in [0.15, 0.2) is 36.8 Å². The number of benzene rings is 1. The largest absolute Gasteiger partial charge is 0.387 e. The number of aromatic nitrogens is 3. The van der Waals surface area contributed by atoms with Crippen molar-refractivity contribution in [3.63, 3.8) is 0 Å². The zero-order chi connectivity index (χ0) is 23.5. The molecule has 10 heteroatoms. The molecular weight excluding hydrogens is 426 g/mol. The van der Waals surface area contributed by atoms with Gasteiger partial charge in [-0.1, -0.05) is 18.2 Å². The number of hydrogen-bond acceptors (Lipinski definition) is 7. The van der Waals surface area contributed by atoms with Crippen LogP contribution in [0, 0.1) is 0 Å². The minimum atomic E-state index is -1.45. The van der Waals surface area contributed by atoms with E-state index in [0.29, 0.717) is 22.4 Å². The first-order chi connectivity index (χ1) is 15.7. The van der Waals surface area contributed by atoms with Crippen molar-refractivity contribution in [3.05, 3.63) is 53.5 Å². The molecule has 2 amide bonds. The summed E-state index contributed by atoms with van der Waals surface area (Å²) in [5, 5.41) is 36.2. The van der Waals surface area contributed by atoms with E-state index < -0.39 is 30.1 Å². The van der Waals surface area contributed by atoms with Crippen molar-refractivity contribution in [1.29, 1.82) is 0 Å². The highest BCUT2D eigenvalue weighted by molar-refractivity contribution is 5.97. The Morgan fingerprint density at radius 1 is 1.24 bits per heavy atom. The molecule has 2 aliphatic rings. The van der Waals surface area contributed by atoms with E-state index in [1.54, 1.807) is 37.8 Å². The standard InChI is InChI=1S/C23H27N5O5/c1-23(17(30)14-7-5-12-4-6-13(12)10-14)18(31)16(29)21(33-23)28-9-8-15-19(24-11-25-20(15)28)26-22(32)27(2)3/h5,7-11,16-18,21,29-31H,4,6H2,1-3H3,(H,24,25,26,32)/t16-,17-,18+,21-,23-/m1/s1. The zero-order valence-electron chi connectivity index (χ0n) is 18.6. The van der Waals surface area contributed by atoms with Gasteiger partial charge < -0.3 is 29.5 Å². The minimum absolute atomic E-state index is 0.315. The molecule has 5 atom stereocenters. The molecule has 1 aliphatic carbocycles. The molecule has 5 rings (SSSR count). The first-order valence-electron chi connectivity index (χ1n) is 10.8. The van der Waals surface area contributed by atoms with Gasteiger partial charge in [-0.25, -0.2) is 14.8 Å². The van der Waals surface area contributed by atoms with Crippen LogP contribution in [0.2, 0.25) is 0 Å². The van der Waals surface area contributed by atoms with Gasteiger partial charge in [0, 0.05) is 20.3 Å². The van der Waals surface area contributed by atoms with E-state index in [9.17, 15) is 20.1 Å². The number of aliphatic hydroxyl groups excluding tert-OH is 3. The van der Waals surface area contributed by atoms with Crippen LogP contribution in [0.5, 0.6) is 0 Å². The molecule has 0 unspecified atom stereocenters. The molecule has 174 valence electrons. The van der Waals surface area contributed by atoms with Gasteiger partial charge in [0.2, 0.25) is 0 Å². The summed E-state index contributed by atoms with van der Waals surface area (Å²) in [6, 6.07) is 7.11. The molecule has 0 spiro atoms. The molecule has 10 nitrogen and oxygen atoms in total. The Labute approximate surface area is 190 Å². The van der Waals surface area contributed by atoms with Crippen molar-refractivity contribution in [2.24, 2.45) is 0 Å². The van der Waals surface area contributed by atoms with Crippen LogP contribution in [0.1, 0.15) is 35.9 Å². The number of carbonyl (C=O) groups is 1. The number of aliphatic hydroxyl groups is 3. The predicted octanol–water partition coefficient (Wildman–Crippen LogP) is 1.37. The summed E-state index contributed by atoms with van der Waals surface area (Å²) in [7, 11) is 3.24. The molecule has 3 aromatic rings. The molecule has 4 N–H and O–H groups in total. The summed E-state index contributed by atoms with van der Waals surface area (Å²) in [4.78, 5) is 21.9. The van der Waals surface area contributed by atoms with Gasteiger partial charge in [0.05, 0.1) is 5.39 Å². The van der Waals surface area contributed by atoms with Gasteiger partial charge in [-0.2, -0.15) is 0 Å². The van der Waals surface area contributed by atoms with Crippen molar-refractivity contribution in [1.82, 2.24) is 19.4 Å². The third-order valence-electron chi connectivity index (χ3n) is 6.75. The van der Waals surface area contributed by atoms with Crippen LogP contribution in [0.25, 0.3) is 11.0 Å². The van der Waals surface area contributed by atoms with E-state index in [1.807, 2.05) is 18.2 Å². The molecule has 1 aliphatic heterocycles. The van der Waals surface area contributed by atoms with Gasteiger partial charge in [0.25, 0.3) is 0 Å². The van der Waals surface area contributed by atoms with E-state index in [-0.39, 0.29) is 6.03 Å². The summed E-state index contributed by atoms with van der Waals surface area (Å²) < 4.78 is 7.72. The molecule has 0 saturated carbocycles. The van der Waals surface area contributed by atoms with E-state index in [4.69, 9.17) is 4.74 Å². The van der Waals surface area contributed by atoms with Crippen molar-refractivity contribution >= 4 is 22.9 Å². The number of nitrogens with one attached hydrogen (secondary N) is 1. The normalized spacial score (nSPS) is 27.2. The van der Waals surface area contributed by atoms with Gasteiger partial charge >= 0.3 is 6.03 Å². The minimum Gasteiger partial charge on any atom is -0.387 e. The number of anilines is 1. The van der Waals surface area contributed by atoms with Crippen molar-refractivity contribution in [3.8, 4) is 0 Å².